The lowest BCUT2D eigenvalue weighted by Gasteiger charge is -2.31. The zero-order valence-electron chi connectivity index (χ0n) is 13.0. The van der Waals surface area contributed by atoms with E-state index in [1.54, 1.807) is 12.1 Å². The topological polar surface area (TPSA) is 52.9 Å². The van der Waals surface area contributed by atoms with E-state index < -0.39 is 29.9 Å². The average molecular weight is 448 g/mol. The molecule has 2 aromatic carbocycles. The van der Waals surface area contributed by atoms with Crippen LogP contribution in [0.2, 0.25) is 5.02 Å². The summed E-state index contributed by atoms with van der Waals surface area (Å²) in [7, 11) is 0. The van der Waals surface area contributed by atoms with Gasteiger partial charge in [-0.2, -0.15) is 23.3 Å². The first kappa shape index (κ1) is 18.9. The van der Waals surface area contributed by atoms with Gasteiger partial charge in [-0.15, -0.1) is 0 Å². The van der Waals surface area contributed by atoms with Crippen molar-refractivity contribution < 1.29 is 23.1 Å². The Kier molecular flexibility index (Phi) is 4.85. The highest BCUT2D eigenvalue weighted by molar-refractivity contribution is 9.10. The molecule has 0 radical (unpaired) electrons. The van der Waals surface area contributed by atoms with E-state index in [9.17, 15) is 23.1 Å². The molecule has 0 aromatic heterocycles. The molecule has 1 atom stereocenters. The van der Waals surface area contributed by atoms with Crippen LogP contribution in [0.25, 0.3) is 0 Å². The van der Waals surface area contributed by atoms with Crippen LogP contribution < -0.4 is 0 Å². The Morgan fingerprint density at radius 3 is 2.46 bits per heavy atom. The molecular weight excluding hydrogens is 437 g/mol. The fourth-order valence-corrected chi connectivity index (χ4v) is 3.13. The fourth-order valence-electron chi connectivity index (χ4n) is 2.60. The summed E-state index contributed by atoms with van der Waals surface area (Å²) in [6, 6.07) is 11.6. The molecule has 2 aromatic rings. The third-order valence-electron chi connectivity index (χ3n) is 3.88. The quantitative estimate of drug-likeness (QED) is 0.725. The van der Waals surface area contributed by atoms with Gasteiger partial charge in [0.1, 0.15) is 5.71 Å². The summed E-state index contributed by atoms with van der Waals surface area (Å²) in [4.78, 5) is 12.8. The first-order chi connectivity index (χ1) is 12.1. The third-order valence-corrected chi connectivity index (χ3v) is 4.63. The van der Waals surface area contributed by atoms with E-state index in [0.29, 0.717) is 14.5 Å². The van der Waals surface area contributed by atoms with Crippen molar-refractivity contribution in [3.8, 4) is 0 Å². The minimum atomic E-state index is -4.77. The number of halogens is 5. The number of hydrazone groups is 1. The Labute approximate surface area is 160 Å². The Morgan fingerprint density at radius 2 is 1.88 bits per heavy atom. The largest absolute Gasteiger partial charge is 0.431 e. The van der Waals surface area contributed by atoms with Gasteiger partial charge >= 0.3 is 6.18 Å². The van der Waals surface area contributed by atoms with Crippen molar-refractivity contribution in [3.05, 3.63) is 69.2 Å². The third kappa shape index (κ3) is 3.49. The van der Waals surface area contributed by atoms with Gasteiger partial charge in [-0.25, -0.2) is 0 Å². The summed E-state index contributed by atoms with van der Waals surface area (Å²) >= 11 is 9.00. The van der Waals surface area contributed by atoms with Crippen LogP contribution in [0.3, 0.4) is 0 Å². The van der Waals surface area contributed by atoms with E-state index >= 15 is 0 Å². The maximum Gasteiger partial charge on any atom is 0.431 e. The molecule has 0 saturated carbocycles. The van der Waals surface area contributed by atoms with Gasteiger partial charge in [0.05, 0.1) is 6.42 Å². The monoisotopic (exact) mass is 446 g/mol. The molecule has 0 saturated heterocycles. The maximum absolute atomic E-state index is 13.2. The van der Waals surface area contributed by atoms with E-state index in [1.807, 2.05) is 0 Å². The van der Waals surface area contributed by atoms with Crippen LogP contribution in [0, 0.1) is 0 Å². The molecule has 1 heterocycles. The maximum atomic E-state index is 13.2. The van der Waals surface area contributed by atoms with Crippen LogP contribution in [0.1, 0.15) is 22.3 Å². The van der Waals surface area contributed by atoms with Crippen LogP contribution in [-0.2, 0) is 5.72 Å². The number of carbonyl (C=O) groups is 1. The molecule has 0 unspecified atom stereocenters. The Hall–Kier alpha value is -1.90. The van der Waals surface area contributed by atoms with E-state index in [0.717, 1.165) is 0 Å². The van der Waals surface area contributed by atoms with Crippen molar-refractivity contribution in [2.24, 2.45) is 5.10 Å². The van der Waals surface area contributed by atoms with E-state index in [4.69, 9.17) is 11.6 Å². The molecule has 0 aliphatic carbocycles. The van der Waals surface area contributed by atoms with Gasteiger partial charge in [0.15, 0.2) is 5.72 Å². The number of aliphatic hydroxyl groups is 1. The first-order valence-electron chi connectivity index (χ1n) is 7.34. The smallest absolute Gasteiger partial charge is 0.365 e. The molecule has 4 nitrogen and oxygen atoms in total. The van der Waals surface area contributed by atoms with Crippen LogP contribution in [0.5, 0.6) is 0 Å². The number of carbonyl (C=O) groups excluding carboxylic acids is 1. The van der Waals surface area contributed by atoms with Crippen LogP contribution in [0.4, 0.5) is 13.2 Å². The number of benzene rings is 2. The molecule has 1 aliphatic heterocycles. The normalized spacial score (nSPS) is 20.2. The highest BCUT2D eigenvalue weighted by Crippen LogP contribution is 2.40. The molecule has 0 spiro atoms. The predicted octanol–water partition coefficient (Wildman–Crippen LogP) is 4.71. The number of amides is 1. The molecule has 3 rings (SSSR count). The van der Waals surface area contributed by atoms with E-state index in [2.05, 4.69) is 21.0 Å². The molecule has 1 amide bonds. The summed E-state index contributed by atoms with van der Waals surface area (Å²) in [5.41, 5.74) is -3.35. The molecule has 9 heteroatoms. The van der Waals surface area contributed by atoms with Crippen molar-refractivity contribution >= 4 is 39.1 Å². The van der Waals surface area contributed by atoms with Crippen LogP contribution in [0.15, 0.2) is 58.1 Å². The van der Waals surface area contributed by atoms with E-state index in [1.165, 1.54) is 36.4 Å². The van der Waals surface area contributed by atoms with Gasteiger partial charge in [-0.1, -0.05) is 45.7 Å². The van der Waals surface area contributed by atoms with Crippen LogP contribution >= 0.6 is 27.5 Å². The fraction of sp³-hybridized carbons (Fsp3) is 0.176. The number of nitrogens with zero attached hydrogens (tertiary/aromatic N) is 2. The Morgan fingerprint density at radius 1 is 1.23 bits per heavy atom. The zero-order chi connectivity index (χ0) is 19.1. The predicted molar refractivity (Wildman–Crippen MR) is 93.8 cm³/mol. The molecule has 1 N–H and O–H groups in total. The summed E-state index contributed by atoms with van der Waals surface area (Å²) in [5.74, 6) is -0.858. The second-order valence-corrected chi connectivity index (χ2v) is 7.02. The summed E-state index contributed by atoms with van der Waals surface area (Å²) in [6.07, 6.45) is -5.65. The van der Waals surface area contributed by atoms with Crippen molar-refractivity contribution in [2.75, 3.05) is 0 Å². The molecule has 0 fully saturated rings. The lowest BCUT2D eigenvalue weighted by atomic mass is 9.96. The second kappa shape index (κ2) is 6.68. The molecule has 0 bridgehead atoms. The Bertz CT molecular complexity index is 886. The Balaban J connectivity index is 2.08. The summed E-state index contributed by atoms with van der Waals surface area (Å²) < 4.78 is 40.1. The molecule has 1 aliphatic rings. The van der Waals surface area contributed by atoms with Gasteiger partial charge in [-0.3, -0.25) is 4.79 Å². The van der Waals surface area contributed by atoms with Gasteiger partial charge < -0.3 is 5.11 Å². The SMILES string of the molecule is O=C(c1cccc(Br)c1)N1N=C(C(F)(F)F)C[C@@]1(O)c1ccc(Cl)cc1. The summed E-state index contributed by atoms with van der Waals surface area (Å²) in [6.45, 7) is 0. The zero-order valence-corrected chi connectivity index (χ0v) is 15.3. The van der Waals surface area contributed by atoms with Gasteiger partial charge in [0.2, 0.25) is 0 Å². The van der Waals surface area contributed by atoms with Crippen molar-refractivity contribution in [1.82, 2.24) is 5.01 Å². The second-order valence-electron chi connectivity index (χ2n) is 5.67. The highest BCUT2D eigenvalue weighted by atomic mass is 79.9. The van der Waals surface area contributed by atoms with Crippen molar-refractivity contribution in [3.63, 3.8) is 0 Å². The van der Waals surface area contributed by atoms with E-state index in [-0.39, 0.29) is 11.1 Å². The number of hydrogen-bond donors (Lipinski definition) is 1. The summed E-state index contributed by atoms with van der Waals surface area (Å²) in [5, 5.41) is 15.2. The minimum absolute atomic E-state index is 0.0771. The minimum Gasteiger partial charge on any atom is -0.365 e. The number of rotatable bonds is 2. The number of alkyl halides is 3. The average Bonchev–Trinajstić information content (AvgIpc) is 2.94. The van der Waals surface area contributed by atoms with Crippen LogP contribution in [-0.4, -0.2) is 27.9 Å². The molecule has 136 valence electrons. The molecule has 26 heavy (non-hydrogen) atoms. The number of hydrogen-bond acceptors (Lipinski definition) is 3. The lowest BCUT2D eigenvalue weighted by Crippen LogP contribution is -2.43. The molecular formula is C17H11BrClF3N2O2. The van der Waals surface area contributed by atoms with Gasteiger partial charge in [0, 0.05) is 20.6 Å². The van der Waals surface area contributed by atoms with Crippen molar-refractivity contribution in [1.29, 1.82) is 0 Å². The standard InChI is InChI=1S/C17H11BrClF3N2O2/c18-12-3-1-2-10(8-12)15(25)24-16(26,9-14(23-24)17(20,21)22)11-4-6-13(19)7-5-11/h1-8,26H,9H2/t16-/m1/s1. The van der Waals surface area contributed by atoms with Gasteiger partial charge in [-0.05, 0) is 30.3 Å². The lowest BCUT2D eigenvalue weighted by molar-refractivity contribution is -0.0816. The highest BCUT2D eigenvalue weighted by Gasteiger charge is 2.53. The first-order valence-corrected chi connectivity index (χ1v) is 8.51. The van der Waals surface area contributed by atoms with Gasteiger partial charge in [0.25, 0.3) is 5.91 Å². The van der Waals surface area contributed by atoms with Crippen molar-refractivity contribution in [2.45, 2.75) is 18.3 Å².